The second-order valence-corrected chi connectivity index (χ2v) is 13.4. The zero-order valence-electron chi connectivity index (χ0n) is 28.0. The first-order valence-electron chi connectivity index (χ1n) is 17.6. The van der Waals surface area contributed by atoms with Crippen LogP contribution in [0.15, 0.2) is 200 Å². The molecule has 0 saturated heterocycles. The number of benzene rings is 10. The van der Waals surface area contributed by atoms with Crippen LogP contribution in [0.5, 0.6) is 0 Å². The summed E-state index contributed by atoms with van der Waals surface area (Å²) >= 11 is 0. The van der Waals surface area contributed by atoms with Crippen LogP contribution in [-0.4, -0.2) is 0 Å². The highest BCUT2D eigenvalue weighted by Crippen LogP contribution is 2.39. The molecule has 0 fully saturated rings. The van der Waals surface area contributed by atoms with Crippen LogP contribution in [0.2, 0.25) is 0 Å². The van der Waals surface area contributed by atoms with Crippen LogP contribution in [0.4, 0.5) is 17.1 Å². The Morgan fingerprint density at radius 3 is 1.08 bits per heavy atom. The van der Waals surface area contributed by atoms with Gasteiger partial charge in [-0.3, -0.25) is 0 Å². The van der Waals surface area contributed by atoms with E-state index < -0.39 is 0 Å². The molecule has 1 heteroatoms. The molecular formula is C50H33N. The molecule has 0 N–H and O–H groups in total. The minimum absolute atomic E-state index is 1.12. The van der Waals surface area contributed by atoms with Crippen molar-refractivity contribution < 1.29 is 0 Å². The Kier molecular flexibility index (Phi) is 6.89. The van der Waals surface area contributed by atoms with E-state index in [9.17, 15) is 0 Å². The van der Waals surface area contributed by atoms with Gasteiger partial charge < -0.3 is 4.90 Å². The molecule has 10 aromatic carbocycles. The highest BCUT2D eigenvalue weighted by atomic mass is 15.1. The number of fused-ring (bicyclic) bond motifs is 7. The fraction of sp³-hybridized carbons (Fsp3) is 0. The van der Waals surface area contributed by atoms with E-state index >= 15 is 0 Å². The predicted molar refractivity (Wildman–Crippen MR) is 220 cm³/mol. The maximum absolute atomic E-state index is 2.36. The molecule has 0 spiro atoms. The second kappa shape index (κ2) is 12.0. The third-order valence-electron chi connectivity index (χ3n) is 10.4. The van der Waals surface area contributed by atoms with Crippen LogP contribution >= 0.6 is 0 Å². The summed E-state index contributed by atoms with van der Waals surface area (Å²) in [6.45, 7) is 0. The summed E-state index contributed by atoms with van der Waals surface area (Å²) < 4.78 is 0. The van der Waals surface area contributed by atoms with Crippen LogP contribution in [0, 0.1) is 0 Å². The number of hydrogen-bond acceptors (Lipinski definition) is 1. The molecule has 0 unspecified atom stereocenters. The van der Waals surface area contributed by atoms with E-state index in [1.54, 1.807) is 0 Å². The molecule has 0 aliphatic rings. The normalized spacial score (nSPS) is 11.5. The minimum Gasteiger partial charge on any atom is -0.310 e. The van der Waals surface area contributed by atoms with Gasteiger partial charge in [0.2, 0.25) is 0 Å². The Balaban J connectivity index is 1.05. The zero-order chi connectivity index (χ0) is 33.7. The van der Waals surface area contributed by atoms with Gasteiger partial charge in [0.1, 0.15) is 0 Å². The van der Waals surface area contributed by atoms with Crippen molar-refractivity contribution >= 4 is 70.9 Å². The molecule has 0 aliphatic carbocycles. The Bertz CT molecular complexity index is 2740. The third-order valence-corrected chi connectivity index (χ3v) is 10.4. The highest BCUT2D eigenvalue weighted by molar-refractivity contribution is 6.10. The van der Waals surface area contributed by atoms with Crippen LogP contribution < -0.4 is 4.90 Å². The monoisotopic (exact) mass is 647 g/mol. The molecule has 1 nitrogen and oxygen atoms in total. The van der Waals surface area contributed by atoms with E-state index in [0.717, 1.165) is 17.1 Å². The molecule has 10 aromatic rings. The van der Waals surface area contributed by atoms with Gasteiger partial charge in [0.25, 0.3) is 0 Å². The van der Waals surface area contributed by atoms with Gasteiger partial charge in [-0.25, -0.2) is 0 Å². The van der Waals surface area contributed by atoms with Gasteiger partial charge >= 0.3 is 0 Å². The topological polar surface area (TPSA) is 3.24 Å². The molecule has 0 aromatic heterocycles. The maximum atomic E-state index is 2.36. The van der Waals surface area contributed by atoms with Crippen molar-refractivity contribution in [2.24, 2.45) is 0 Å². The molecule has 0 radical (unpaired) electrons. The van der Waals surface area contributed by atoms with E-state index in [1.165, 1.54) is 76.1 Å². The minimum atomic E-state index is 1.12. The molecule has 10 rings (SSSR count). The van der Waals surface area contributed by atoms with Crippen LogP contribution in [0.3, 0.4) is 0 Å². The summed E-state index contributed by atoms with van der Waals surface area (Å²) in [5.41, 5.74) is 8.20. The SMILES string of the molecule is c1ccc2cc(N(c3ccc(-c4ccc5ccc6ccccc6c5c4)cc3)c3ccc(-c4ccc5ccc6ccccc6c5c4)cc3)ccc2c1. The van der Waals surface area contributed by atoms with Crippen molar-refractivity contribution in [2.75, 3.05) is 4.90 Å². The van der Waals surface area contributed by atoms with Crippen LogP contribution in [0.1, 0.15) is 0 Å². The number of hydrogen-bond donors (Lipinski definition) is 0. The fourth-order valence-electron chi connectivity index (χ4n) is 7.73. The first-order valence-corrected chi connectivity index (χ1v) is 17.6. The molecule has 51 heavy (non-hydrogen) atoms. The van der Waals surface area contributed by atoms with Gasteiger partial charge in [0, 0.05) is 17.1 Å². The van der Waals surface area contributed by atoms with Crippen LogP contribution in [-0.2, 0) is 0 Å². The number of rotatable bonds is 5. The molecule has 0 atom stereocenters. The lowest BCUT2D eigenvalue weighted by molar-refractivity contribution is 1.29. The molecule has 238 valence electrons. The zero-order valence-corrected chi connectivity index (χ0v) is 28.0. The predicted octanol–water partition coefficient (Wildman–Crippen LogP) is 14.3. The van der Waals surface area contributed by atoms with E-state index in [1.807, 2.05) is 0 Å². The van der Waals surface area contributed by atoms with Crippen molar-refractivity contribution in [1.29, 1.82) is 0 Å². The van der Waals surface area contributed by atoms with Gasteiger partial charge in [-0.1, -0.05) is 152 Å². The van der Waals surface area contributed by atoms with E-state index in [0.29, 0.717) is 0 Å². The average molecular weight is 648 g/mol. The summed E-state index contributed by atoms with van der Waals surface area (Å²) in [4.78, 5) is 2.36. The largest absolute Gasteiger partial charge is 0.310 e. The van der Waals surface area contributed by atoms with Crippen molar-refractivity contribution in [3.05, 3.63) is 200 Å². The first-order chi connectivity index (χ1) is 25.2. The third kappa shape index (κ3) is 5.19. The summed E-state index contributed by atoms with van der Waals surface area (Å²) in [5.74, 6) is 0. The quantitative estimate of drug-likeness (QED) is 0.168. The Hall–Kier alpha value is -6.70. The Labute approximate surface area is 297 Å². The van der Waals surface area contributed by atoms with Crippen molar-refractivity contribution in [3.63, 3.8) is 0 Å². The lowest BCUT2D eigenvalue weighted by Gasteiger charge is -2.26. The summed E-state index contributed by atoms with van der Waals surface area (Å²) in [6, 6.07) is 73.1. The first kappa shape index (κ1) is 29.2. The Morgan fingerprint density at radius 1 is 0.216 bits per heavy atom. The summed E-state index contributed by atoms with van der Waals surface area (Å²) in [7, 11) is 0. The molecule has 0 aliphatic heterocycles. The van der Waals surface area contributed by atoms with Crippen molar-refractivity contribution in [1.82, 2.24) is 0 Å². The Morgan fingerprint density at radius 2 is 0.569 bits per heavy atom. The van der Waals surface area contributed by atoms with Gasteiger partial charge in [-0.05, 0) is 125 Å². The smallest absolute Gasteiger partial charge is 0.0468 e. The van der Waals surface area contributed by atoms with Gasteiger partial charge in [0.15, 0.2) is 0 Å². The standard InChI is InChI=1S/C50H33N/c1-2-10-41-31-46(30-25-34(41)7-1)51(44-26-21-35(22-27-44)42-19-17-39-15-13-37-8-3-5-11-47(37)49(39)32-42)45-28-23-36(24-29-45)43-20-18-40-16-14-38-9-4-6-12-48(38)50(40)33-43/h1-33H. The summed E-state index contributed by atoms with van der Waals surface area (Å²) in [5, 5.41) is 12.7. The summed E-state index contributed by atoms with van der Waals surface area (Å²) in [6.07, 6.45) is 0. The van der Waals surface area contributed by atoms with Crippen molar-refractivity contribution in [3.8, 4) is 22.3 Å². The maximum Gasteiger partial charge on any atom is 0.0468 e. The fourth-order valence-corrected chi connectivity index (χ4v) is 7.73. The highest BCUT2D eigenvalue weighted by Gasteiger charge is 2.15. The average Bonchev–Trinajstić information content (AvgIpc) is 3.21. The molecule has 0 saturated carbocycles. The van der Waals surface area contributed by atoms with E-state index in [-0.39, 0.29) is 0 Å². The van der Waals surface area contributed by atoms with Gasteiger partial charge in [0.05, 0.1) is 0 Å². The molecule has 0 bridgehead atoms. The lowest BCUT2D eigenvalue weighted by atomic mass is 9.96. The number of anilines is 3. The molecule has 0 heterocycles. The van der Waals surface area contributed by atoms with Crippen molar-refractivity contribution in [2.45, 2.75) is 0 Å². The van der Waals surface area contributed by atoms with E-state index in [4.69, 9.17) is 0 Å². The second-order valence-electron chi connectivity index (χ2n) is 13.4. The van der Waals surface area contributed by atoms with Crippen LogP contribution in [0.25, 0.3) is 76.1 Å². The molecular weight excluding hydrogens is 615 g/mol. The van der Waals surface area contributed by atoms with Gasteiger partial charge in [-0.15, -0.1) is 0 Å². The number of nitrogens with zero attached hydrogens (tertiary/aromatic N) is 1. The molecule has 0 amide bonds. The van der Waals surface area contributed by atoms with E-state index in [2.05, 4.69) is 205 Å². The van der Waals surface area contributed by atoms with Gasteiger partial charge in [-0.2, -0.15) is 0 Å². The lowest BCUT2D eigenvalue weighted by Crippen LogP contribution is -2.09.